The number of carbonyl (C=O) groups is 1. The molecule has 0 unspecified atom stereocenters. The molecular formula is C33H29ClF2N4O5. The number of rotatable bonds is 8. The first-order valence-electron chi connectivity index (χ1n) is 13.6. The Hall–Kier alpha value is -4.97. The number of aromatic carboxylic acids is 1. The van der Waals surface area contributed by atoms with Crippen molar-refractivity contribution in [1.29, 1.82) is 0 Å². The summed E-state index contributed by atoms with van der Waals surface area (Å²) >= 11 is 6.13. The number of nitrogens with zero attached hydrogens (tertiary/aromatic N) is 3. The quantitative estimate of drug-likeness (QED) is 0.264. The zero-order chi connectivity index (χ0) is 32.7. The molecule has 232 valence electrons. The van der Waals surface area contributed by atoms with Crippen LogP contribution in [0.5, 0.6) is 5.75 Å². The molecule has 0 radical (unpaired) electrons. The monoisotopic (exact) mass is 634 g/mol. The Morgan fingerprint density at radius 2 is 1.62 bits per heavy atom. The van der Waals surface area contributed by atoms with E-state index in [1.54, 1.807) is 13.8 Å². The van der Waals surface area contributed by atoms with Crippen LogP contribution in [0.4, 0.5) is 8.78 Å². The third-order valence-corrected chi connectivity index (χ3v) is 7.17. The highest BCUT2D eigenvalue weighted by atomic mass is 35.5. The average Bonchev–Trinajstić information content (AvgIpc) is 3.04. The zero-order valence-corrected chi connectivity index (χ0v) is 25.0. The van der Waals surface area contributed by atoms with Gasteiger partial charge in [-0.05, 0) is 31.0 Å². The predicted molar refractivity (Wildman–Crippen MR) is 161 cm³/mol. The average molecular weight is 635 g/mol. The predicted octanol–water partition coefficient (Wildman–Crippen LogP) is 3.82. The second-order valence-electron chi connectivity index (χ2n) is 9.99. The van der Waals surface area contributed by atoms with Crippen molar-refractivity contribution in [2.75, 3.05) is 0 Å². The third-order valence-electron chi connectivity index (χ3n) is 6.82. The Kier molecular flexibility index (Phi) is 10.7. The van der Waals surface area contributed by atoms with E-state index in [2.05, 4.69) is 15.7 Å². The van der Waals surface area contributed by atoms with E-state index in [0.29, 0.717) is 17.3 Å². The van der Waals surface area contributed by atoms with E-state index >= 15 is 0 Å². The fourth-order valence-electron chi connectivity index (χ4n) is 4.41. The van der Waals surface area contributed by atoms with Crippen LogP contribution in [-0.4, -0.2) is 25.6 Å². The topological polar surface area (TPSA) is 145 Å². The molecule has 3 heterocycles. The molecule has 0 spiro atoms. The van der Waals surface area contributed by atoms with Crippen LogP contribution in [0.2, 0.25) is 5.02 Å². The van der Waals surface area contributed by atoms with Crippen molar-refractivity contribution in [3.63, 3.8) is 0 Å². The molecule has 0 saturated heterocycles. The summed E-state index contributed by atoms with van der Waals surface area (Å²) < 4.78 is 33.3. The lowest BCUT2D eigenvalue weighted by Crippen LogP contribution is -2.56. The van der Waals surface area contributed by atoms with E-state index in [1.807, 2.05) is 60.7 Å². The number of aromatic nitrogens is 3. The molecule has 0 bridgehead atoms. The van der Waals surface area contributed by atoms with Crippen LogP contribution in [0.15, 0.2) is 96.1 Å². The standard InChI is InChI=1S/C19H14ClF2N3O4.C14H15NO/c1-9-6-23-13(19(27)28)5-15(9)25-10(2)3-16(17(20)18(25)26)29-8-14-12(22)4-11(21)7-24-14;15-13(11-7-3-1-4-8-11)14(16)12-9-5-2-6-10-12/h3-7H,8H2,1-2H3,(H,27,28);1-10,13-14,16H,15H2/t;13-,14+/m.1/s1. The number of halogens is 3. The summed E-state index contributed by atoms with van der Waals surface area (Å²) in [6, 6.07) is 22.7. The summed E-state index contributed by atoms with van der Waals surface area (Å²) in [5.41, 5.74) is 5.99. The SMILES string of the molecule is Cc1cnc(C(=O)[O-])cc1-n1c(C)cc(OCc2ncc(F)cc2F)c(Cl)c1=O.[NH3+][C@H](c1ccccc1)[C@@H](O)c1ccccc1. The number of aryl methyl sites for hydroxylation is 2. The number of aliphatic hydroxyl groups is 1. The van der Waals surface area contributed by atoms with E-state index in [1.165, 1.54) is 22.9 Å². The molecular weight excluding hydrogens is 606 g/mol. The summed E-state index contributed by atoms with van der Waals surface area (Å²) in [5, 5.41) is 21.0. The first kappa shape index (κ1) is 32.9. The van der Waals surface area contributed by atoms with Gasteiger partial charge in [-0.25, -0.2) is 8.78 Å². The molecule has 4 N–H and O–H groups in total. The van der Waals surface area contributed by atoms with Crippen LogP contribution < -0.4 is 21.1 Å². The number of quaternary nitrogens is 1. The van der Waals surface area contributed by atoms with Gasteiger partial charge < -0.3 is 25.5 Å². The Bertz CT molecular complexity index is 1810. The van der Waals surface area contributed by atoms with Gasteiger partial charge in [0.25, 0.3) is 5.56 Å². The second-order valence-corrected chi connectivity index (χ2v) is 10.4. The maximum atomic E-state index is 13.7. The fraction of sp³-hybridized carbons (Fsp3) is 0.152. The van der Waals surface area contributed by atoms with Crippen molar-refractivity contribution in [3.05, 3.63) is 152 Å². The van der Waals surface area contributed by atoms with Gasteiger partial charge in [0.05, 0.1) is 23.5 Å². The van der Waals surface area contributed by atoms with Crippen molar-refractivity contribution < 1.29 is 34.3 Å². The number of hydrogen-bond acceptors (Lipinski definition) is 7. The summed E-state index contributed by atoms with van der Waals surface area (Å²) in [6.07, 6.45) is 1.59. The van der Waals surface area contributed by atoms with Crippen LogP contribution >= 0.6 is 11.6 Å². The molecule has 5 aromatic rings. The van der Waals surface area contributed by atoms with E-state index in [4.69, 9.17) is 16.3 Å². The maximum absolute atomic E-state index is 13.7. The molecule has 0 fully saturated rings. The minimum absolute atomic E-state index is 0.0252. The van der Waals surface area contributed by atoms with Crippen molar-refractivity contribution in [2.24, 2.45) is 0 Å². The molecule has 0 amide bonds. The largest absolute Gasteiger partial charge is 0.543 e. The second kappa shape index (κ2) is 14.7. The first-order chi connectivity index (χ1) is 21.5. The Labute approximate surface area is 262 Å². The number of carbonyl (C=O) groups excluding carboxylic acids is 1. The highest BCUT2D eigenvalue weighted by Crippen LogP contribution is 2.26. The van der Waals surface area contributed by atoms with Gasteiger partial charge >= 0.3 is 0 Å². The molecule has 0 saturated carbocycles. The minimum Gasteiger partial charge on any atom is -0.543 e. The Balaban J connectivity index is 0.000000242. The van der Waals surface area contributed by atoms with Crippen LogP contribution in [-0.2, 0) is 6.61 Å². The Morgan fingerprint density at radius 1 is 1.00 bits per heavy atom. The number of aliphatic hydroxyl groups excluding tert-OH is 1. The summed E-state index contributed by atoms with van der Waals surface area (Å²) in [5.74, 6) is -3.24. The lowest BCUT2D eigenvalue weighted by Gasteiger charge is -2.17. The van der Waals surface area contributed by atoms with Crippen LogP contribution in [0.1, 0.15) is 50.7 Å². The van der Waals surface area contributed by atoms with Crippen molar-refractivity contribution >= 4 is 17.6 Å². The van der Waals surface area contributed by atoms with Crippen molar-refractivity contribution in [2.45, 2.75) is 32.6 Å². The van der Waals surface area contributed by atoms with Gasteiger partial charge in [0.2, 0.25) is 0 Å². The molecule has 0 aliphatic carbocycles. The molecule has 2 aromatic carbocycles. The molecule has 5 rings (SSSR count). The van der Waals surface area contributed by atoms with Gasteiger partial charge in [0, 0.05) is 29.6 Å². The number of carboxylic acid groups (broad SMARTS) is 1. The minimum atomic E-state index is -1.49. The van der Waals surface area contributed by atoms with Gasteiger partial charge in [-0.15, -0.1) is 0 Å². The van der Waals surface area contributed by atoms with Gasteiger partial charge in [0.1, 0.15) is 41.0 Å². The van der Waals surface area contributed by atoms with Gasteiger partial charge in [-0.2, -0.15) is 0 Å². The van der Waals surface area contributed by atoms with E-state index < -0.39 is 29.3 Å². The first-order valence-corrected chi connectivity index (χ1v) is 14.0. The highest BCUT2D eigenvalue weighted by Gasteiger charge is 2.21. The van der Waals surface area contributed by atoms with Gasteiger partial charge in [-0.1, -0.05) is 72.3 Å². The Morgan fingerprint density at radius 3 is 2.22 bits per heavy atom. The van der Waals surface area contributed by atoms with Gasteiger partial charge in [0.15, 0.2) is 5.82 Å². The number of ether oxygens (including phenoxy) is 1. The zero-order valence-electron chi connectivity index (χ0n) is 24.3. The smallest absolute Gasteiger partial charge is 0.277 e. The summed E-state index contributed by atoms with van der Waals surface area (Å²) in [6.45, 7) is 2.85. The van der Waals surface area contributed by atoms with Crippen LogP contribution in [0.3, 0.4) is 0 Å². The lowest BCUT2D eigenvalue weighted by atomic mass is 9.97. The molecule has 9 nitrogen and oxygen atoms in total. The number of carboxylic acids is 1. The third kappa shape index (κ3) is 7.95. The highest BCUT2D eigenvalue weighted by molar-refractivity contribution is 6.31. The van der Waals surface area contributed by atoms with Crippen LogP contribution in [0.25, 0.3) is 5.69 Å². The lowest BCUT2D eigenvalue weighted by molar-refractivity contribution is -0.446. The molecule has 45 heavy (non-hydrogen) atoms. The van der Waals surface area contributed by atoms with E-state index in [9.17, 15) is 28.6 Å². The van der Waals surface area contributed by atoms with E-state index in [0.717, 1.165) is 17.3 Å². The summed E-state index contributed by atoms with van der Waals surface area (Å²) in [7, 11) is 0. The number of benzene rings is 2. The number of pyridine rings is 3. The molecule has 0 aliphatic rings. The molecule has 2 atom stereocenters. The molecule has 12 heteroatoms. The summed E-state index contributed by atoms with van der Waals surface area (Å²) in [4.78, 5) is 31.2. The molecule has 0 aliphatic heterocycles. The van der Waals surface area contributed by atoms with Gasteiger partial charge in [-0.3, -0.25) is 19.3 Å². The van der Waals surface area contributed by atoms with Crippen molar-refractivity contribution in [3.8, 4) is 11.4 Å². The van der Waals surface area contributed by atoms with Crippen LogP contribution in [0, 0.1) is 25.5 Å². The van der Waals surface area contributed by atoms with Crippen molar-refractivity contribution in [1.82, 2.24) is 14.5 Å². The molecule has 3 aromatic heterocycles. The fourth-order valence-corrected chi connectivity index (χ4v) is 4.61. The van der Waals surface area contributed by atoms with E-state index in [-0.39, 0.29) is 40.5 Å². The normalized spacial score (nSPS) is 12.1. The maximum Gasteiger partial charge on any atom is 0.277 e. The number of hydrogen-bond donors (Lipinski definition) is 2.